The number of aromatic nitrogens is 3. The van der Waals surface area contributed by atoms with Crippen molar-refractivity contribution in [2.75, 3.05) is 24.5 Å². The van der Waals surface area contributed by atoms with Gasteiger partial charge in [0, 0.05) is 49.5 Å². The topological polar surface area (TPSA) is 104 Å². The van der Waals surface area contributed by atoms with E-state index in [1.807, 2.05) is 15.6 Å². The summed E-state index contributed by atoms with van der Waals surface area (Å²) in [6, 6.07) is 2.42. The number of amides is 1. The van der Waals surface area contributed by atoms with Crippen LogP contribution in [0.25, 0.3) is 5.65 Å². The van der Waals surface area contributed by atoms with Crippen molar-refractivity contribution in [2.45, 2.75) is 70.1 Å². The van der Waals surface area contributed by atoms with Gasteiger partial charge in [-0.1, -0.05) is 0 Å². The summed E-state index contributed by atoms with van der Waals surface area (Å²) in [5.41, 5.74) is 15.3. The van der Waals surface area contributed by atoms with E-state index in [9.17, 15) is 4.79 Å². The molecule has 30 heavy (non-hydrogen) atoms. The molecule has 2 aromatic heterocycles. The predicted molar refractivity (Wildman–Crippen MR) is 115 cm³/mol. The van der Waals surface area contributed by atoms with Gasteiger partial charge in [0.15, 0.2) is 5.65 Å². The molecule has 0 aromatic carbocycles. The number of rotatable bonds is 3. The molecule has 1 amide bonds. The van der Waals surface area contributed by atoms with Crippen molar-refractivity contribution >= 4 is 17.4 Å². The normalized spacial score (nSPS) is 29.8. The highest BCUT2D eigenvalue weighted by Gasteiger charge is 2.36. The number of hydrogen-bond donors (Lipinski definition) is 3. The minimum Gasteiger partial charge on any atom is -0.355 e. The van der Waals surface area contributed by atoms with Gasteiger partial charge in [0.05, 0.1) is 11.7 Å². The van der Waals surface area contributed by atoms with Crippen LogP contribution in [0.4, 0.5) is 5.82 Å². The van der Waals surface area contributed by atoms with E-state index in [0.29, 0.717) is 6.04 Å². The summed E-state index contributed by atoms with van der Waals surface area (Å²) < 4.78 is 1.86. The van der Waals surface area contributed by atoms with Crippen LogP contribution in [-0.4, -0.2) is 63.2 Å². The Hall–Kier alpha value is -2.23. The maximum absolute atomic E-state index is 13.2. The molecule has 2 unspecified atom stereocenters. The van der Waals surface area contributed by atoms with Crippen LogP contribution in [0.5, 0.6) is 0 Å². The summed E-state index contributed by atoms with van der Waals surface area (Å²) in [7, 11) is 0. The molecule has 2 aromatic rings. The molecule has 3 aliphatic rings. The molecule has 0 spiro atoms. The van der Waals surface area contributed by atoms with Gasteiger partial charge >= 0.3 is 0 Å². The van der Waals surface area contributed by atoms with Crippen molar-refractivity contribution in [3.05, 3.63) is 23.5 Å². The fourth-order valence-electron chi connectivity index (χ4n) is 5.06. The monoisotopic (exact) mass is 412 g/mol. The van der Waals surface area contributed by atoms with E-state index in [1.165, 1.54) is 0 Å². The number of piperidine rings is 1. The second-order valence-corrected chi connectivity index (χ2v) is 9.14. The summed E-state index contributed by atoms with van der Waals surface area (Å²) in [4.78, 5) is 22.4. The summed E-state index contributed by atoms with van der Waals surface area (Å²) in [5.74, 6) is 1.16. The highest BCUT2D eigenvalue weighted by molar-refractivity contribution is 5.82. The number of nitrogens with zero attached hydrogens (tertiary/aromatic N) is 5. The zero-order chi connectivity index (χ0) is 20.8. The van der Waals surface area contributed by atoms with Crippen molar-refractivity contribution in [1.29, 1.82) is 0 Å². The summed E-state index contributed by atoms with van der Waals surface area (Å²) in [6.45, 7) is 6.74. The van der Waals surface area contributed by atoms with E-state index in [4.69, 9.17) is 15.8 Å². The lowest BCUT2D eigenvalue weighted by Crippen LogP contribution is -2.48. The predicted octanol–water partition coefficient (Wildman–Crippen LogP) is 0.884. The molecule has 0 aliphatic carbocycles. The fourth-order valence-corrected chi connectivity index (χ4v) is 5.06. The van der Waals surface area contributed by atoms with Crippen molar-refractivity contribution < 1.29 is 4.79 Å². The third-order valence-electron chi connectivity index (χ3n) is 6.67. The van der Waals surface area contributed by atoms with Crippen LogP contribution >= 0.6 is 0 Å². The Morgan fingerprint density at radius 1 is 1.23 bits per heavy atom. The molecule has 3 saturated heterocycles. The highest BCUT2D eigenvalue weighted by atomic mass is 16.2. The van der Waals surface area contributed by atoms with Crippen molar-refractivity contribution in [2.24, 2.45) is 5.73 Å². The number of likely N-dealkylation sites (tertiary alicyclic amines) is 1. The molecule has 162 valence electrons. The minimum absolute atomic E-state index is 0.00891. The molecule has 4 N–H and O–H groups in total. The van der Waals surface area contributed by atoms with E-state index in [1.54, 1.807) is 0 Å². The van der Waals surface area contributed by atoms with Gasteiger partial charge in [-0.05, 0) is 46.0 Å². The molecule has 0 radical (unpaired) electrons. The van der Waals surface area contributed by atoms with Gasteiger partial charge < -0.3 is 15.5 Å². The number of carbonyl (C=O) groups is 1. The number of nitrogens with two attached hydrogens (primary N) is 1. The number of fused-ring (bicyclic) bond motifs is 1. The van der Waals surface area contributed by atoms with Gasteiger partial charge in [-0.3, -0.25) is 10.2 Å². The summed E-state index contributed by atoms with van der Waals surface area (Å²) in [5, 5.41) is 4.84. The molecule has 0 saturated carbocycles. The van der Waals surface area contributed by atoms with E-state index < -0.39 is 0 Å². The van der Waals surface area contributed by atoms with Crippen molar-refractivity contribution in [3.8, 4) is 0 Å². The minimum atomic E-state index is -0.163. The van der Waals surface area contributed by atoms with Crippen molar-refractivity contribution in [3.63, 3.8) is 0 Å². The van der Waals surface area contributed by atoms with E-state index in [2.05, 4.69) is 35.7 Å². The Balaban J connectivity index is 1.43. The summed E-state index contributed by atoms with van der Waals surface area (Å²) >= 11 is 0. The number of aryl methyl sites for hydroxylation is 1. The quantitative estimate of drug-likeness (QED) is 0.688. The second kappa shape index (κ2) is 7.79. The van der Waals surface area contributed by atoms with Gasteiger partial charge in [0.1, 0.15) is 11.9 Å². The molecule has 4 atom stereocenters. The maximum atomic E-state index is 13.2. The molecule has 9 nitrogen and oxygen atoms in total. The third-order valence-corrected chi connectivity index (χ3v) is 6.67. The van der Waals surface area contributed by atoms with Gasteiger partial charge in [0.2, 0.25) is 5.91 Å². The van der Waals surface area contributed by atoms with Gasteiger partial charge in [-0.15, -0.1) is 0 Å². The third kappa shape index (κ3) is 3.55. The largest absolute Gasteiger partial charge is 0.355 e. The first-order valence-corrected chi connectivity index (χ1v) is 11.2. The van der Waals surface area contributed by atoms with Crippen LogP contribution in [0.3, 0.4) is 0 Å². The van der Waals surface area contributed by atoms with E-state index in [0.717, 1.165) is 74.5 Å². The zero-order valence-electron chi connectivity index (χ0n) is 17.8. The first kappa shape index (κ1) is 19.7. The van der Waals surface area contributed by atoms with Crippen LogP contribution in [0.1, 0.15) is 56.3 Å². The zero-order valence-corrected chi connectivity index (χ0v) is 17.8. The molecular weight excluding hydrogens is 380 g/mol. The molecule has 0 bridgehead atoms. The average Bonchev–Trinajstić information content (AvgIpc) is 3.46. The van der Waals surface area contributed by atoms with Gasteiger partial charge in [0.25, 0.3) is 0 Å². The standard InChI is InChI=1S/C21H32N8O/c1-13-11-29-19(23-20(13)27-8-6-15(22)12-27)10-16(26-29)18-5-3-4-7-28(18)21(30)17-9-14(2)24-25-17/h10-11,14-15,17-18,24-25H,3-9,12,22H2,1-2H3/t14?,15-,17?,18-/m0/s1. The lowest BCUT2D eigenvalue weighted by molar-refractivity contribution is -0.137. The number of carbonyl (C=O) groups excluding carboxylic acids is 1. The molecule has 9 heteroatoms. The van der Waals surface area contributed by atoms with Crippen LogP contribution < -0.4 is 21.5 Å². The SMILES string of the molecule is Cc1cn2nc([C@@H]3CCCCN3C(=O)C3CC(C)NN3)cc2nc1N1CC[C@H](N)C1. The van der Waals surface area contributed by atoms with Gasteiger partial charge in [-0.2, -0.15) is 5.10 Å². The van der Waals surface area contributed by atoms with Crippen molar-refractivity contribution in [1.82, 2.24) is 30.3 Å². The molecule has 5 heterocycles. The molecule has 3 aliphatic heterocycles. The van der Waals surface area contributed by atoms with E-state index in [-0.39, 0.29) is 24.0 Å². The lowest BCUT2D eigenvalue weighted by atomic mass is 9.97. The fraction of sp³-hybridized carbons (Fsp3) is 0.667. The first-order chi connectivity index (χ1) is 14.5. The maximum Gasteiger partial charge on any atom is 0.241 e. The first-order valence-electron chi connectivity index (χ1n) is 11.2. The number of anilines is 1. The second-order valence-electron chi connectivity index (χ2n) is 9.14. The Labute approximate surface area is 177 Å². The Kier molecular flexibility index (Phi) is 5.12. The van der Waals surface area contributed by atoms with Crippen LogP contribution in [0, 0.1) is 6.92 Å². The lowest BCUT2D eigenvalue weighted by Gasteiger charge is -2.36. The molecule has 3 fully saturated rings. The average molecular weight is 413 g/mol. The van der Waals surface area contributed by atoms with Gasteiger partial charge in [-0.25, -0.2) is 14.9 Å². The number of hydrogen-bond acceptors (Lipinski definition) is 7. The molecular formula is C21H32N8O. The molecule has 5 rings (SSSR count). The van der Waals surface area contributed by atoms with E-state index >= 15 is 0 Å². The van der Waals surface area contributed by atoms with Crippen LogP contribution in [-0.2, 0) is 4.79 Å². The highest BCUT2D eigenvalue weighted by Crippen LogP contribution is 2.32. The van der Waals surface area contributed by atoms with Crippen LogP contribution in [0.15, 0.2) is 12.3 Å². The summed E-state index contributed by atoms with van der Waals surface area (Å²) in [6.07, 6.45) is 6.96. The number of nitrogens with one attached hydrogen (secondary N) is 2. The Bertz CT molecular complexity index is 942. The van der Waals surface area contributed by atoms with Crippen LogP contribution in [0.2, 0.25) is 0 Å². The number of hydrazine groups is 1. The Morgan fingerprint density at radius 2 is 2.10 bits per heavy atom. The smallest absolute Gasteiger partial charge is 0.241 e. The Morgan fingerprint density at radius 3 is 2.83 bits per heavy atom.